The van der Waals surface area contributed by atoms with Gasteiger partial charge in [0.1, 0.15) is 10.7 Å². The second-order valence-corrected chi connectivity index (χ2v) is 6.32. The van der Waals surface area contributed by atoms with Crippen LogP contribution in [0.25, 0.3) is 0 Å². The van der Waals surface area contributed by atoms with Crippen molar-refractivity contribution in [3.8, 4) is 0 Å². The predicted molar refractivity (Wildman–Crippen MR) is 73.7 cm³/mol. The molecule has 0 saturated carbocycles. The molecule has 0 aliphatic carbocycles. The molecule has 2 aromatic rings. The summed E-state index contributed by atoms with van der Waals surface area (Å²) >= 11 is 0. The number of benzene rings is 1. The number of halogens is 1. The van der Waals surface area contributed by atoms with Gasteiger partial charge in [0.05, 0.1) is 0 Å². The topological polar surface area (TPSA) is 76.3 Å². The summed E-state index contributed by atoms with van der Waals surface area (Å²) in [6.07, 6.45) is 3.14. The van der Waals surface area contributed by atoms with Crippen LogP contribution in [0.5, 0.6) is 0 Å². The van der Waals surface area contributed by atoms with Crippen LogP contribution in [0.15, 0.2) is 47.6 Å². The van der Waals surface area contributed by atoms with Crippen LogP contribution in [0.4, 0.5) is 10.1 Å². The van der Waals surface area contributed by atoms with E-state index in [1.807, 2.05) is 0 Å². The SMILES string of the molecule is CN(Cc1ccncc1)S(=O)(=O)c1ccc(N)cc1F. The quantitative estimate of drug-likeness (QED) is 0.870. The number of hydrogen-bond acceptors (Lipinski definition) is 4. The highest BCUT2D eigenvalue weighted by Crippen LogP contribution is 2.21. The average Bonchev–Trinajstić information content (AvgIpc) is 2.39. The molecule has 1 heterocycles. The Morgan fingerprint density at radius 1 is 1.25 bits per heavy atom. The summed E-state index contributed by atoms with van der Waals surface area (Å²) in [6, 6.07) is 6.92. The molecule has 5 nitrogen and oxygen atoms in total. The summed E-state index contributed by atoms with van der Waals surface area (Å²) in [7, 11) is -2.51. The van der Waals surface area contributed by atoms with E-state index in [1.54, 1.807) is 24.5 Å². The summed E-state index contributed by atoms with van der Waals surface area (Å²) in [5.41, 5.74) is 6.36. The second kappa shape index (κ2) is 5.56. The molecule has 1 aromatic heterocycles. The lowest BCUT2D eigenvalue weighted by atomic mass is 10.3. The van der Waals surface area contributed by atoms with Crippen molar-refractivity contribution in [2.24, 2.45) is 0 Å². The number of nitrogen functional groups attached to an aromatic ring is 1. The minimum Gasteiger partial charge on any atom is -0.399 e. The van der Waals surface area contributed by atoms with E-state index in [1.165, 1.54) is 19.2 Å². The van der Waals surface area contributed by atoms with Crippen LogP contribution in [-0.2, 0) is 16.6 Å². The number of nitrogens with two attached hydrogens (primary N) is 1. The van der Waals surface area contributed by atoms with E-state index in [2.05, 4.69) is 4.98 Å². The van der Waals surface area contributed by atoms with Crippen LogP contribution in [0, 0.1) is 5.82 Å². The van der Waals surface area contributed by atoms with E-state index in [9.17, 15) is 12.8 Å². The number of aromatic nitrogens is 1. The maximum absolute atomic E-state index is 13.7. The Balaban J connectivity index is 2.30. The van der Waals surface area contributed by atoms with E-state index in [0.717, 1.165) is 15.9 Å². The number of anilines is 1. The highest BCUT2D eigenvalue weighted by molar-refractivity contribution is 7.89. The summed E-state index contributed by atoms with van der Waals surface area (Å²) in [6.45, 7) is 0.134. The fourth-order valence-corrected chi connectivity index (χ4v) is 2.92. The summed E-state index contributed by atoms with van der Waals surface area (Å²) in [4.78, 5) is 3.47. The zero-order chi connectivity index (χ0) is 14.8. The molecule has 0 radical (unpaired) electrons. The van der Waals surface area contributed by atoms with Crippen molar-refractivity contribution in [1.82, 2.24) is 9.29 Å². The van der Waals surface area contributed by atoms with Crippen LogP contribution in [0.2, 0.25) is 0 Å². The third-order valence-electron chi connectivity index (χ3n) is 2.80. The number of hydrogen-bond donors (Lipinski definition) is 1. The predicted octanol–water partition coefficient (Wildman–Crippen LogP) is 1.62. The Morgan fingerprint density at radius 2 is 1.90 bits per heavy atom. The van der Waals surface area contributed by atoms with Gasteiger partial charge in [-0.25, -0.2) is 12.8 Å². The molecule has 0 aliphatic rings. The van der Waals surface area contributed by atoms with Crippen LogP contribution in [-0.4, -0.2) is 24.8 Å². The Hall–Kier alpha value is -1.99. The molecule has 0 amide bonds. The monoisotopic (exact) mass is 295 g/mol. The molecule has 106 valence electrons. The van der Waals surface area contributed by atoms with E-state index >= 15 is 0 Å². The highest BCUT2D eigenvalue weighted by atomic mass is 32.2. The molecule has 2 rings (SSSR count). The van der Waals surface area contributed by atoms with Crippen LogP contribution in [0.1, 0.15) is 5.56 Å². The van der Waals surface area contributed by atoms with E-state index < -0.39 is 15.8 Å². The molecule has 0 aliphatic heterocycles. The molecule has 0 atom stereocenters. The minimum absolute atomic E-state index is 0.134. The second-order valence-electron chi connectivity index (χ2n) is 4.31. The lowest BCUT2D eigenvalue weighted by Crippen LogP contribution is -2.27. The third kappa shape index (κ3) is 2.94. The normalized spacial score (nSPS) is 11.8. The van der Waals surface area contributed by atoms with E-state index in [4.69, 9.17) is 5.73 Å². The van der Waals surface area contributed by atoms with Crippen LogP contribution in [0.3, 0.4) is 0 Å². The van der Waals surface area contributed by atoms with Gasteiger partial charge in [-0.3, -0.25) is 4.98 Å². The average molecular weight is 295 g/mol. The van der Waals surface area contributed by atoms with Crippen molar-refractivity contribution in [2.75, 3.05) is 12.8 Å². The van der Waals surface area contributed by atoms with Gasteiger partial charge in [0.15, 0.2) is 0 Å². The van der Waals surface area contributed by atoms with Crippen LogP contribution >= 0.6 is 0 Å². The zero-order valence-corrected chi connectivity index (χ0v) is 11.6. The first-order valence-electron chi connectivity index (χ1n) is 5.81. The molecule has 2 N–H and O–H groups in total. The van der Waals surface area contributed by atoms with Crippen LogP contribution < -0.4 is 5.73 Å². The third-order valence-corrected chi connectivity index (χ3v) is 4.64. The fourth-order valence-electron chi connectivity index (χ4n) is 1.72. The summed E-state index contributed by atoms with van der Waals surface area (Å²) in [5.74, 6) is -0.855. The number of rotatable bonds is 4. The molecular formula is C13H14FN3O2S. The number of sulfonamides is 1. The molecule has 0 bridgehead atoms. The Kier molecular flexibility index (Phi) is 4.01. The van der Waals surface area contributed by atoms with Gasteiger partial charge < -0.3 is 5.73 Å². The molecular weight excluding hydrogens is 281 g/mol. The standard InChI is InChI=1S/C13H14FN3O2S/c1-17(9-10-4-6-16-7-5-10)20(18,19)13-3-2-11(15)8-12(13)14/h2-8H,9,15H2,1H3. The summed E-state index contributed by atoms with van der Waals surface area (Å²) in [5, 5.41) is 0. The van der Waals surface area contributed by atoms with Gasteiger partial charge >= 0.3 is 0 Å². The van der Waals surface area contributed by atoms with Gasteiger partial charge in [-0.1, -0.05) is 0 Å². The maximum atomic E-state index is 13.7. The smallest absolute Gasteiger partial charge is 0.246 e. The van der Waals surface area contributed by atoms with Gasteiger partial charge in [-0.2, -0.15) is 4.31 Å². The van der Waals surface area contributed by atoms with Crippen molar-refractivity contribution in [3.05, 3.63) is 54.1 Å². The number of pyridine rings is 1. The molecule has 1 aromatic carbocycles. The van der Waals surface area contributed by atoms with Gasteiger partial charge in [0.2, 0.25) is 10.0 Å². The number of nitrogens with zero attached hydrogens (tertiary/aromatic N) is 2. The first-order chi connectivity index (χ1) is 9.41. The Labute approximate surface area is 116 Å². The lowest BCUT2D eigenvalue weighted by Gasteiger charge is -2.17. The molecule has 0 fully saturated rings. The van der Waals surface area contributed by atoms with Crippen molar-refractivity contribution in [3.63, 3.8) is 0 Å². The molecule has 7 heteroatoms. The van der Waals surface area contributed by atoms with Crippen molar-refractivity contribution < 1.29 is 12.8 Å². The van der Waals surface area contributed by atoms with Crippen molar-refractivity contribution in [2.45, 2.75) is 11.4 Å². The molecule has 0 saturated heterocycles. The van der Waals surface area contributed by atoms with Gasteiger partial charge in [-0.05, 0) is 35.9 Å². The van der Waals surface area contributed by atoms with Crippen molar-refractivity contribution >= 4 is 15.7 Å². The minimum atomic E-state index is -3.90. The molecule has 0 unspecified atom stereocenters. The Bertz CT molecular complexity index is 705. The van der Waals surface area contributed by atoms with Gasteiger partial charge in [0, 0.05) is 31.7 Å². The van der Waals surface area contributed by atoms with Crippen molar-refractivity contribution in [1.29, 1.82) is 0 Å². The first kappa shape index (κ1) is 14.4. The molecule has 0 spiro atoms. The summed E-state index contributed by atoms with van der Waals surface area (Å²) < 4.78 is 39.4. The first-order valence-corrected chi connectivity index (χ1v) is 7.25. The highest BCUT2D eigenvalue weighted by Gasteiger charge is 2.24. The van der Waals surface area contributed by atoms with Gasteiger partial charge in [-0.15, -0.1) is 0 Å². The fraction of sp³-hybridized carbons (Fsp3) is 0.154. The Morgan fingerprint density at radius 3 is 2.50 bits per heavy atom. The maximum Gasteiger partial charge on any atom is 0.246 e. The van der Waals surface area contributed by atoms with Gasteiger partial charge in [0.25, 0.3) is 0 Å². The lowest BCUT2D eigenvalue weighted by molar-refractivity contribution is 0.460. The van der Waals surface area contributed by atoms with E-state index in [0.29, 0.717) is 0 Å². The van der Waals surface area contributed by atoms with E-state index in [-0.39, 0.29) is 17.1 Å². The zero-order valence-electron chi connectivity index (χ0n) is 10.8. The largest absolute Gasteiger partial charge is 0.399 e. The molecule has 20 heavy (non-hydrogen) atoms.